The first-order chi connectivity index (χ1) is 5.75. The zero-order valence-corrected chi connectivity index (χ0v) is 7.33. The van der Waals surface area contributed by atoms with Gasteiger partial charge in [0.25, 0.3) is 0 Å². The summed E-state index contributed by atoms with van der Waals surface area (Å²) in [6.45, 7) is 4.03. The smallest absolute Gasteiger partial charge is 0.163 e. The molecule has 0 aromatic heterocycles. The molecule has 0 aliphatic carbocycles. The van der Waals surface area contributed by atoms with Crippen LogP contribution in [0, 0.1) is 0 Å². The van der Waals surface area contributed by atoms with E-state index in [0.717, 1.165) is 0 Å². The van der Waals surface area contributed by atoms with Gasteiger partial charge in [0.2, 0.25) is 0 Å². The predicted octanol–water partition coefficient (Wildman–Crippen LogP) is 2.29. The number of hydrogen-bond donors (Lipinski definition) is 0. The van der Waals surface area contributed by atoms with Crippen LogP contribution in [0.5, 0.6) is 5.75 Å². The summed E-state index contributed by atoms with van der Waals surface area (Å²) in [6.07, 6.45) is 0. The lowest BCUT2D eigenvalue weighted by Crippen LogP contribution is -1.99. The van der Waals surface area contributed by atoms with Crippen LogP contribution in [-0.4, -0.2) is 12.4 Å². The Morgan fingerprint density at radius 1 is 1.42 bits per heavy atom. The lowest BCUT2D eigenvalue weighted by atomic mass is 10.1. The van der Waals surface area contributed by atoms with E-state index in [-0.39, 0.29) is 5.78 Å². The van der Waals surface area contributed by atoms with Crippen molar-refractivity contribution in [1.82, 2.24) is 0 Å². The summed E-state index contributed by atoms with van der Waals surface area (Å²) in [4.78, 5) is 11.1. The first-order valence-electron chi connectivity index (χ1n) is 3.98. The quantitative estimate of drug-likeness (QED) is 0.641. The molecule has 2 nitrogen and oxygen atoms in total. The second-order valence-electron chi connectivity index (χ2n) is 2.49. The van der Waals surface area contributed by atoms with E-state index in [0.29, 0.717) is 17.9 Å². The van der Waals surface area contributed by atoms with Gasteiger partial charge in [0.15, 0.2) is 5.78 Å². The third kappa shape index (κ3) is 1.84. The Morgan fingerprint density at radius 2 is 2.08 bits per heavy atom. The summed E-state index contributed by atoms with van der Waals surface area (Å²) in [6, 6.07) is 7.27. The minimum Gasteiger partial charge on any atom is -0.493 e. The highest BCUT2D eigenvalue weighted by atomic mass is 16.5. The molecule has 12 heavy (non-hydrogen) atoms. The lowest BCUT2D eigenvalue weighted by Gasteiger charge is -2.06. The van der Waals surface area contributed by atoms with Crippen molar-refractivity contribution in [2.24, 2.45) is 0 Å². The first kappa shape index (κ1) is 8.78. The number of ether oxygens (including phenoxy) is 1. The third-order valence-electron chi connectivity index (χ3n) is 1.57. The molecule has 1 rings (SSSR count). The van der Waals surface area contributed by atoms with Crippen molar-refractivity contribution in [3.63, 3.8) is 0 Å². The summed E-state index contributed by atoms with van der Waals surface area (Å²) < 4.78 is 5.28. The molecule has 0 N–H and O–H groups in total. The van der Waals surface area contributed by atoms with E-state index >= 15 is 0 Å². The average Bonchev–Trinajstić information content (AvgIpc) is 2.05. The molecule has 64 valence electrons. The van der Waals surface area contributed by atoms with E-state index in [4.69, 9.17) is 4.74 Å². The molecule has 0 radical (unpaired) electrons. The molecule has 2 heteroatoms. The number of benzene rings is 1. The standard InChI is InChI=1S/C10H12O2/c1-3-12-10-7-5-4-6-9(10)8(2)11/h4-7H,3H2,1-2H3. The van der Waals surface area contributed by atoms with E-state index in [9.17, 15) is 4.79 Å². The lowest BCUT2D eigenvalue weighted by molar-refractivity contribution is 0.101. The van der Waals surface area contributed by atoms with E-state index in [1.165, 1.54) is 6.92 Å². The molecule has 0 aliphatic rings. The molecule has 0 atom stereocenters. The second-order valence-corrected chi connectivity index (χ2v) is 2.49. The highest BCUT2D eigenvalue weighted by Crippen LogP contribution is 2.17. The van der Waals surface area contributed by atoms with Crippen molar-refractivity contribution in [1.29, 1.82) is 0 Å². The number of carbonyl (C=O) groups excluding carboxylic acids is 1. The molecular formula is C10H12O2. The molecule has 0 aliphatic heterocycles. The average molecular weight is 164 g/mol. The van der Waals surface area contributed by atoms with E-state index in [1.54, 1.807) is 12.1 Å². The van der Waals surface area contributed by atoms with Crippen LogP contribution in [0.1, 0.15) is 24.2 Å². The van der Waals surface area contributed by atoms with Crippen LogP contribution in [0.15, 0.2) is 24.3 Å². The number of ketones is 1. The van der Waals surface area contributed by atoms with Gasteiger partial charge in [0.05, 0.1) is 12.2 Å². The monoisotopic (exact) mass is 164 g/mol. The van der Waals surface area contributed by atoms with Gasteiger partial charge in [-0.3, -0.25) is 4.79 Å². The first-order valence-corrected chi connectivity index (χ1v) is 3.98. The van der Waals surface area contributed by atoms with Crippen molar-refractivity contribution >= 4 is 5.78 Å². The molecular weight excluding hydrogens is 152 g/mol. The number of Topliss-reactive ketones (excluding diaryl/α,β-unsaturated/α-hetero) is 1. The van der Waals surface area contributed by atoms with Gasteiger partial charge in [-0.1, -0.05) is 12.1 Å². The van der Waals surface area contributed by atoms with Gasteiger partial charge in [-0.15, -0.1) is 0 Å². The highest BCUT2D eigenvalue weighted by molar-refractivity contribution is 5.96. The van der Waals surface area contributed by atoms with Gasteiger partial charge in [-0.05, 0) is 26.0 Å². The fourth-order valence-electron chi connectivity index (χ4n) is 1.04. The van der Waals surface area contributed by atoms with Crippen molar-refractivity contribution in [2.45, 2.75) is 13.8 Å². The van der Waals surface area contributed by atoms with E-state index in [2.05, 4.69) is 0 Å². The number of para-hydroxylation sites is 1. The molecule has 0 unspecified atom stereocenters. The van der Waals surface area contributed by atoms with Crippen molar-refractivity contribution < 1.29 is 9.53 Å². The summed E-state index contributed by atoms with van der Waals surface area (Å²) in [5, 5.41) is 0. The minimum absolute atomic E-state index is 0.0408. The van der Waals surface area contributed by atoms with Crippen molar-refractivity contribution in [2.75, 3.05) is 6.61 Å². The Labute approximate surface area is 72.2 Å². The Hall–Kier alpha value is -1.31. The molecule has 1 aromatic rings. The van der Waals surface area contributed by atoms with Gasteiger partial charge >= 0.3 is 0 Å². The van der Waals surface area contributed by atoms with Crippen LogP contribution in [-0.2, 0) is 0 Å². The van der Waals surface area contributed by atoms with Crippen LogP contribution in [0.2, 0.25) is 0 Å². The van der Waals surface area contributed by atoms with Gasteiger partial charge in [0, 0.05) is 0 Å². The highest BCUT2D eigenvalue weighted by Gasteiger charge is 2.05. The molecule has 0 spiro atoms. The van der Waals surface area contributed by atoms with Crippen LogP contribution in [0.3, 0.4) is 0 Å². The predicted molar refractivity (Wildman–Crippen MR) is 47.6 cm³/mol. The van der Waals surface area contributed by atoms with Gasteiger partial charge in [0.1, 0.15) is 5.75 Å². The Balaban J connectivity index is 3.00. The number of rotatable bonds is 3. The Morgan fingerprint density at radius 3 is 2.67 bits per heavy atom. The zero-order chi connectivity index (χ0) is 8.97. The van der Waals surface area contributed by atoms with Gasteiger partial charge in [-0.2, -0.15) is 0 Å². The summed E-state index contributed by atoms with van der Waals surface area (Å²) in [7, 11) is 0. The van der Waals surface area contributed by atoms with Crippen LogP contribution in [0.4, 0.5) is 0 Å². The maximum Gasteiger partial charge on any atom is 0.163 e. The summed E-state index contributed by atoms with van der Waals surface area (Å²) in [5.41, 5.74) is 0.652. The third-order valence-corrected chi connectivity index (χ3v) is 1.57. The SMILES string of the molecule is CCOc1ccccc1C(C)=O. The second kappa shape index (κ2) is 3.90. The Bertz CT molecular complexity index is 279. The normalized spacial score (nSPS) is 9.50. The molecule has 0 heterocycles. The van der Waals surface area contributed by atoms with E-state index < -0.39 is 0 Å². The van der Waals surface area contributed by atoms with Crippen LogP contribution in [0.25, 0.3) is 0 Å². The fourth-order valence-corrected chi connectivity index (χ4v) is 1.04. The zero-order valence-electron chi connectivity index (χ0n) is 7.33. The number of hydrogen-bond acceptors (Lipinski definition) is 2. The summed E-state index contributed by atoms with van der Waals surface area (Å²) >= 11 is 0. The van der Waals surface area contributed by atoms with Crippen molar-refractivity contribution in [3.05, 3.63) is 29.8 Å². The molecule has 0 fully saturated rings. The van der Waals surface area contributed by atoms with E-state index in [1.807, 2.05) is 19.1 Å². The summed E-state index contributed by atoms with van der Waals surface area (Å²) in [5.74, 6) is 0.714. The van der Waals surface area contributed by atoms with Gasteiger partial charge in [-0.25, -0.2) is 0 Å². The van der Waals surface area contributed by atoms with Crippen LogP contribution < -0.4 is 4.74 Å². The maximum atomic E-state index is 11.1. The minimum atomic E-state index is 0.0408. The fraction of sp³-hybridized carbons (Fsp3) is 0.300. The molecule has 0 bridgehead atoms. The Kier molecular flexibility index (Phi) is 2.86. The topological polar surface area (TPSA) is 26.3 Å². The number of carbonyl (C=O) groups is 1. The van der Waals surface area contributed by atoms with Gasteiger partial charge < -0.3 is 4.74 Å². The van der Waals surface area contributed by atoms with Crippen molar-refractivity contribution in [3.8, 4) is 5.75 Å². The molecule has 0 saturated heterocycles. The molecule has 0 amide bonds. The largest absolute Gasteiger partial charge is 0.493 e. The maximum absolute atomic E-state index is 11.1. The van der Waals surface area contributed by atoms with Crippen LogP contribution >= 0.6 is 0 Å². The molecule has 1 aromatic carbocycles. The molecule has 0 saturated carbocycles.